The third kappa shape index (κ3) is 5.37. The first kappa shape index (κ1) is 19.9. The Morgan fingerprint density at radius 1 is 0.929 bits per heavy atom. The Hall–Kier alpha value is -1.37. The zero-order chi connectivity index (χ0) is 19.4. The molecule has 2 fully saturated rings. The maximum absolute atomic E-state index is 6.41. The lowest BCUT2D eigenvalue weighted by Crippen LogP contribution is -2.45. The van der Waals surface area contributed by atoms with Crippen molar-refractivity contribution in [3.8, 4) is 0 Å². The van der Waals surface area contributed by atoms with Crippen molar-refractivity contribution in [1.82, 2.24) is 0 Å². The summed E-state index contributed by atoms with van der Waals surface area (Å²) in [5, 5.41) is 0.441. The second-order valence-corrected chi connectivity index (χ2v) is 9.03. The average Bonchev–Trinajstić information content (AvgIpc) is 3.48. The lowest BCUT2D eigenvalue weighted by Gasteiger charge is -2.31. The fourth-order valence-corrected chi connectivity index (χ4v) is 4.21. The molecular formula is C23H28O4S. The van der Waals surface area contributed by atoms with E-state index in [9.17, 15) is 0 Å². The van der Waals surface area contributed by atoms with Crippen molar-refractivity contribution in [1.29, 1.82) is 0 Å². The SMILES string of the molecule is CC1(C)OCC(C(OCc2ccccc2)C(OCc2ccccc2)C2CS2)O1. The summed E-state index contributed by atoms with van der Waals surface area (Å²) in [6.45, 7) is 5.54. The Balaban J connectivity index is 1.48. The third-order valence-corrected chi connectivity index (χ3v) is 6.00. The summed E-state index contributed by atoms with van der Waals surface area (Å²) < 4.78 is 24.8. The Kier molecular flexibility index (Phi) is 6.38. The quantitative estimate of drug-likeness (QED) is 0.582. The van der Waals surface area contributed by atoms with Gasteiger partial charge in [-0.2, -0.15) is 11.8 Å². The molecule has 4 unspecified atom stereocenters. The largest absolute Gasteiger partial charge is 0.370 e. The van der Waals surface area contributed by atoms with Crippen LogP contribution in [0.15, 0.2) is 60.7 Å². The van der Waals surface area contributed by atoms with E-state index in [4.69, 9.17) is 18.9 Å². The summed E-state index contributed by atoms with van der Waals surface area (Å²) in [7, 11) is 0. The van der Waals surface area contributed by atoms with E-state index in [2.05, 4.69) is 24.3 Å². The molecule has 4 nitrogen and oxygen atoms in total. The van der Waals surface area contributed by atoms with Crippen LogP contribution < -0.4 is 0 Å². The summed E-state index contributed by atoms with van der Waals surface area (Å²) in [4.78, 5) is 0. The molecule has 28 heavy (non-hydrogen) atoms. The molecule has 0 bridgehead atoms. The molecule has 0 spiro atoms. The molecule has 0 amide bonds. The van der Waals surface area contributed by atoms with Crippen LogP contribution in [0.4, 0.5) is 0 Å². The van der Waals surface area contributed by atoms with E-state index in [1.54, 1.807) is 0 Å². The Bertz CT molecular complexity index is 733. The average molecular weight is 401 g/mol. The molecule has 0 aromatic heterocycles. The molecule has 4 atom stereocenters. The zero-order valence-electron chi connectivity index (χ0n) is 16.5. The van der Waals surface area contributed by atoms with Gasteiger partial charge in [-0.1, -0.05) is 60.7 Å². The highest BCUT2D eigenvalue weighted by atomic mass is 32.2. The molecule has 2 saturated heterocycles. The molecule has 150 valence electrons. The minimum atomic E-state index is -0.584. The smallest absolute Gasteiger partial charge is 0.163 e. The van der Waals surface area contributed by atoms with Crippen molar-refractivity contribution in [3.63, 3.8) is 0 Å². The van der Waals surface area contributed by atoms with Gasteiger partial charge in [0.1, 0.15) is 12.2 Å². The second-order valence-electron chi connectivity index (χ2n) is 7.76. The Morgan fingerprint density at radius 2 is 1.46 bits per heavy atom. The van der Waals surface area contributed by atoms with Crippen molar-refractivity contribution in [2.24, 2.45) is 0 Å². The highest BCUT2D eigenvalue weighted by Crippen LogP contribution is 2.40. The number of thioether (sulfide) groups is 1. The molecule has 2 aliphatic heterocycles. The summed E-state index contributed by atoms with van der Waals surface area (Å²) >= 11 is 1.92. The van der Waals surface area contributed by atoms with Crippen LogP contribution in [0, 0.1) is 0 Å². The predicted octanol–water partition coefficient (Wildman–Crippen LogP) is 4.42. The van der Waals surface area contributed by atoms with Gasteiger partial charge < -0.3 is 18.9 Å². The summed E-state index contributed by atoms with van der Waals surface area (Å²) in [6.07, 6.45) is -0.345. The van der Waals surface area contributed by atoms with Crippen LogP contribution in [0.5, 0.6) is 0 Å². The fourth-order valence-electron chi connectivity index (χ4n) is 3.48. The van der Waals surface area contributed by atoms with Gasteiger partial charge in [0.25, 0.3) is 0 Å². The van der Waals surface area contributed by atoms with Gasteiger partial charge in [-0.3, -0.25) is 0 Å². The van der Waals surface area contributed by atoms with E-state index in [-0.39, 0.29) is 18.3 Å². The first-order valence-corrected chi connectivity index (χ1v) is 10.9. The third-order valence-electron chi connectivity index (χ3n) is 5.02. The van der Waals surface area contributed by atoms with Crippen LogP contribution in [0.3, 0.4) is 0 Å². The molecule has 0 saturated carbocycles. The standard InChI is InChI=1S/C23H28O4S/c1-23(2)26-15-19(27-23)21(24-13-17-9-5-3-6-10-17)22(20-16-28-20)25-14-18-11-7-4-8-12-18/h3-12,19-22H,13-16H2,1-2H3. The molecule has 0 N–H and O–H groups in total. The minimum Gasteiger partial charge on any atom is -0.370 e. The monoisotopic (exact) mass is 400 g/mol. The Morgan fingerprint density at radius 3 is 1.93 bits per heavy atom. The van der Waals surface area contributed by atoms with Gasteiger partial charge in [0, 0.05) is 11.0 Å². The van der Waals surface area contributed by atoms with E-state index >= 15 is 0 Å². The molecule has 2 aromatic rings. The predicted molar refractivity (Wildman–Crippen MR) is 111 cm³/mol. The van der Waals surface area contributed by atoms with E-state index in [0.717, 1.165) is 11.3 Å². The summed E-state index contributed by atoms with van der Waals surface area (Å²) in [6, 6.07) is 20.5. The number of ether oxygens (including phenoxy) is 4. The van der Waals surface area contributed by atoms with Gasteiger partial charge >= 0.3 is 0 Å². The molecule has 0 radical (unpaired) electrons. The van der Waals surface area contributed by atoms with Gasteiger partial charge in [-0.15, -0.1) is 0 Å². The second kappa shape index (κ2) is 8.97. The number of hydrogen-bond acceptors (Lipinski definition) is 5. The topological polar surface area (TPSA) is 36.9 Å². The van der Waals surface area contributed by atoms with Gasteiger partial charge in [-0.05, 0) is 25.0 Å². The van der Waals surface area contributed by atoms with Gasteiger partial charge in [0.05, 0.1) is 25.9 Å². The molecule has 2 heterocycles. The molecule has 2 aromatic carbocycles. The van der Waals surface area contributed by atoms with Crippen LogP contribution in [0.1, 0.15) is 25.0 Å². The molecule has 2 aliphatic rings. The molecule has 5 heteroatoms. The zero-order valence-corrected chi connectivity index (χ0v) is 17.3. The molecule has 0 aliphatic carbocycles. The van der Waals surface area contributed by atoms with E-state index < -0.39 is 5.79 Å². The fraction of sp³-hybridized carbons (Fsp3) is 0.478. The number of hydrogen-bond donors (Lipinski definition) is 0. The van der Waals surface area contributed by atoms with Crippen LogP contribution in [-0.4, -0.2) is 41.7 Å². The van der Waals surface area contributed by atoms with Crippen LogP contribution in [0.25, 0.3) is 0 Å². The van der Waals surface area contributed by atoms with E-state index in [0.29, 0.717) is 25.1 Å². The van der Waals surface area contributed by atoms with E-state index in [1.807, 2.05) is 62.0 Å². The first-order chi connectivity index (χ1) is 13.6. The Labute approximate surface area is 171 Å². The highest BCUT2D eigenvalue weighted by molar-refractivity contribution is 8.06. The molecular weight excluding hydrogens is 372 g/mol. The van der Waals surface area contributed by atoms with Crippen molar-refractivity contribution < 1.29 is 18.9 Å². The number of benzene rings is 2. The van der Waals surface area contributed by atoms with Crippen molar-refractivity contribution >= 4 is 11.8 Å². The van der Waals surface area contributed by atoms with Crippen molar-refractivity contribution in [2.45, 2.75) is 56.4 Å². The molecule has 4 rings (SSSR count). The maximum Gasteiger partial charge on any atom is 0.163 e. The van der Waals surface area contributed by atoms with Crippen LogP contribution >= 0.6 is 11.8 Å². The van der Waals surface area contributed by atoms with Gasteiger partial charge in [0.15, 0.2) is 5.79 Å². The maximum atomic E-state index is 6.41. The summed E-state index contributed by atoms with van der Waals surface area (Å²) in [5.41, 5.74) is 2.32. The van der Waals surface area contributed by atoms with E-state index in [1.165, 1.54) is 5.56 Å². The van der Waals surface area contributed by atoms with Crippen molar-refractivity contribution in [3.05, 3.63) is 71.8 Å². The van der Waals surface area contributed by atoms with Gasteiger partial charge in [0.2, 0.25) is 0 Å². The van der Waals surface area contributed by atoms with Crippen molar-refractivity contribution in [2.75, 3.05) is 12.4 Å². The van der Waals surface area contributed by atoms with Crippen LogP contribution in [-0.2, 0) is 32.2 Å². The highest BCUT2D eigenvalue weighted by Gasteiger charge is 2.47. The lowest BCUT2D eigenvalue weighted by atomic mass is 10.1. The summed E-state index contributed by atoms with van der Waals surface area (Å²) in [5.74, 6) is 0.515. The first-order valence-electron chi connectivity index (χ1n) is 9.85. The van der Waals surface area contributed by atoms with Gasteiger partial charge in [-0.25, -0.2) is 0 Å². The number of rotatable bonds is 9. The minimum absolute atomic E-state index is 0.0311. The normalized spacial score (nSPS) is 25.4. The lowest BCUT2D eigenvalue weighted by molar-refractivity contribution is -0.178. The van der Waals surface area contributed by atoms with Crippen LogP contribution in [0.2, 0.25) is 0 Å².